The van der Waals surface area contributed by atoms with E-state index in [0.29, 0.717) is 32.0 Å². The number of hydrogen-bond acceptors (Lipinski definition) is 4. The molecular formula is C16H16BrFN2O3S. The first kappa shape index (κ1) is 17.2. The molecule has 128 valence electrons. The molecule has 0 spiro atoms. The second kappa shape index (κ2) is 7.08. The molecule has 0 saturated carbocycles. The van der Waals surface area contributed by atoms with Gasteiger partial charge in [0, 0.05) is 17.6 Å². The van der Waals surface area contributed by atoms with Crippen LogP contribution in [0.25, 0.3) is 0 Å². The van der Waals surface area contributed by atoms with Crippen LogP contribution in [-0.4, -0.2) is 34.7 Å². The lowest BCUT2D eigenvalue weighted by molar-refractivity contribution is 0.123. The number of anilines is 2. The first-order valence-electron chi connectivity index (χ1n) is 7.36. The molecule has 0 aliphatic carbocycles. The topological polar surface area (TPSA) is 58.6 Å². The van der Waals surface area contributed by atoms with Gasteiger partial charge in [0.1, 0.15) is 5.82 Å². The maximum Gasteiger partial charge on any atom is 0.261 e. The van der Waals surface area contributed by atoms with Crippen LogP contribution in [-0.2, 0) is 14.8 Å². The molecule has 8 heteroatoms. The van der Waals surface area contributed by atoms with Gasteiger partial charge in [-0.3, -0.25) is 4.72 Å². The van der Waals surface area contributed by atoms with Crippen LogP contribution in [0.3, 0.4) is 0 Å². The van der Waals surface area contributed by atoms with E-state index in [0.717, 1.165) is 22.3 Å². The Morgan fingerprint density at radius 2 is 1.75 bits per heavy atom. The van der Waals surface area contributed by atoms with Crippen molar-refractivity contribution in [3.05, 3.63) is 52.8 Å². The molecule has 1 aliphatic rings. The van der Waals surface area contributed by atoms with E-state index in [1.165, 1.54) is 12.1 Å². The zero-order chi connectivity index (χ0) is 17.2. The van der Waals surface area contributed by atoms with Crippen molar-refractivity contribution in [3.63, 3.8) is 0 Å². The quantitative estimate of drug-likeness (QED) is 0.833. The molecule has 0 radical (unpaired) electrons. The van der Waals surface area contributed by atoms with Crippen molar-refractivity contribution in [2.45, 2.75) is 4.90 Å². The summed E-state index contributed by atoms with van der Waals surface area (Å²) in [6.07, 6.45) is 0. The highest BCUT2D eigenvalue weighted by molar-refractivity contribution is 9.10. The zero-order valence-electron chi connectivity index (χ0n) is 12.7. The van der Waals surface area contributed by atoms with Gasteiger partial charge in [0.2, 0.25) is 0 Å². The first-order valence-corrected chi connectivity index (χ1v) is 9.64. The molecule has 1 N–H and O–H groups in total. The van der Waals surface area contributed by atoms with E-state index in [-0.39, 0.29) is 4.90 Å². The van der Waals surface area contributed by atoms with Crippen molar-refractivity contribution in [1.29, 1.82) is 0 Å². The molecule has 0 unspecified atom stereocenters. The number of morpholine rings is 1. The second-order valence-electron chi connectivity index (χ2n) is 5.32. The van der Waals surface area contributed by atoms with Crippen molar-refractivity contribution in [3.8, 4) is 0 Å². The lowest BCUT2D eigenvalue weighted by atomic mass is 10.2. The highest BCUT2D eigenvalue weighted by Crippen LogP contribution is 2.31. The molecule has 1 heterocycles. The largest absolute Gasteiger partial charge is 0.378 e. The maximum absolute atomic E-state index is 13.0. The van der Waals surface area contributed by atoms with E-state index in [1.807, 2.05) is 12.1 Å². The molecule has 0 atom stereocenters. The van der Waals surface area contributed by atoms with Gasteiger partial charge >= 0.3 is 0 Å². The maximum atomic E-state index is 13.0. The van der Waals surface area contributed by atoms with Gasteiger partial charge in [0.05, 0.1) is 29.5 Å². The van der Waals surface area contributed by atoms with E-state index >= 15 is 0 Å². The van der Waals surface area contributed by atoms with Crippen LogP contribution >= 0.6 is 15.9 Å². The van der Waals surface area contributed by atoms with E-state index in [9.17, 15) is 12.8 Å². The van der Waals surface area contributed by atoms with Gasteiger partial charge in [-0.25, -0.2) is 12.8 Å². The lowest BCUT2D eigenvalue weighted by Gasteiger charge is -2.30. The minimum atomic E-state index is -3.80. The Morgan fingerprint density at radius 3 is 2.42 bits per heavy atom. The van der Waals surface area contributed by atoms with Gasteiger partial charge in [-0.1, -0.05) is 15.9 Å². The fourth-order valence-electron chi connectivity index (χ4n) is 2.49. The van der Waals surface area contributed by atoms with Crippen molar-refractivity contribution in [2.75, 3.05) is 35.9 Å². The van der Waals surface area contributed by atoms with E-state index < -0.39 is 15.8 Å². The molecule has 3 rings (SSSR count). The summed E-state index contributed by atoms with van der Waals surface area (Å²) in [6, 6.07) is 10.2. The third-order valence-electron chi connectivity index (χ3n) is 3.68. The van der Waals surface area contributed by atoms with Crippen molar-refractivity contribution in [1.82, 2.24) is 0 Å². The molecular weight excluding hydrogens is 399 g/mol. The van der Waals surface area contributed by atoms with Gasteiger partial charge in [-0.05, 0) is 42.5 Å². The lowest BCUT2D eigenvalue weighted by Crippen LogP contribution is -2.36. The Morgan fingerprint density at radius 1 is 1.08 bits per heavy atom. The van der Waals surface area contributed by atoms with Crippen LogP contribution in [0.1, 0.15) is 0 Å². The molecule has 24 heavy (non-hydrogen) atoms. The third-order valence-corrected chi connectivity index (χ3v) is 5.55. The molecule has 1 aliphatic heterocycles. The Labute approximate surface area is 148 Å². The summed E-state index contributed by atoms with van der Waals surface area (Å²) in [5.41, 5.74) is 1.25. The average Bonchev–Trinajstić information content (AvgIpc) is 2.56. The van der Waals surface area contributed by atoms with Crippen molar-refractivity contribution in [2.24, 2.45) is 0 Å². The SMILES string of the molecule is O=S(=O)(Nc1cc(Br)ccc1N1CCOCC1)c1ccc(F)cc1. The van der Waals surface area contributed by atoms with E-state index in [4.69, 9.17) is 4.74 Å². The Kier molecular flexibility index (Phi) is 5.07. The highest BCUT2D eigenvalue weighted by Gasteiger charge is 2.20. The van der Waals surface area contributed by atoms with Crippen LogP contribution in [0.5, 0.6) is 0 Å². The number of nitrogens with zero attached hydrogens (tertiary/aromatic N) is 1. The summed E-state index contributed by atoms with van der Waals surface area (Å²) in [5.74, 6) is -0.481. The predicted octanol–water partition coefficient (Wildman–Crippen LogP) is 3.23. The highest BCUT2D eigenvalue weighted by atomic mass is 79.9. The molecule has 1 saturated heterocycles. The minimum Gasteiger partial charge on any atom is -0.378 e. The monoisotopic (exact) mass is 414 g/mol. The molecule has 0 amide bonds. The summed E-state index contributed by atoms with van der Waals surface area (Å²) in [6.45, 7) is 2.57. The number of rotatable bonds is 4. The normalized spacial score (nSPS) is 15.3. The van der Waals surface area contributed by atoms with E-state index in [2.05, 4.69) is 25.6 Å². The predicted molar refractivity (Wildman–Crippen MR) is 94.4 cm³/mol. The first-order chi connectivity index (χ1) is 11.5. The summed E-state index contributed by atoms with van der Waals surface area (Å²) < 4.78 is 46.9. The minimum absolute atomic E-state index is 0.0109. The number of halogens is 2. The second-order valence-corrected chi connectivity index (χ2v) is 7.92. The number of ether oxygens (including phenoxy) is 1. The van der Waals surface area contributed by atoms with Gasteiger partial charge in [0.25, 0.3) is 10.0 Å². The van der Waals surface area contributed by atoms with Crippen LogP contribution in [0, 0.1) is 5.82 Å². The Hall–Kier alpha value is -1.64. The third kappa shape index (κ3) is 3.88. The molecule has 5 nitrogen and oxygen atoms in total. The van der Waals surface area contributed by atoms with Crippen molar-refractivity contribution < 1.29 is 17.5 Å². The van der Waals surface area contributed by atoms with Crippen LogP contribution in [0.2, 0.25) is 0 Å². The number of sulfonamides is 1. The smallest absolute Gasteiger partial charge is 0.261 e. The van der Waals surface area contributed by atoms with Gasteiger partial charge in [-0.2, -0.15) is 0 Å². The molecule has 1 fully saturated rings. The molecule has 0 bridgehead atoms. The van der Waals surface area contributed by atoms with Crippen molar-refractivity contribution >= 4 is 37.3 Å². The average molecular weight is 415 g/mol. The standard InChI is InChI=1S/C16H16BrFN2O3S/c17-12-1-6-16(20-7-9-23-10-8-20)15(11-12)19-24(21,22)14-4-2-13(18)3-5-14/h1-6,11,19H,7-10H2. The van der Waals surface area contributed by atoms with Gasteiger partial charge in [-0.15, -0.1) is 0 Å². The van der Waals surface area contributed by atoms with Crippen LogP contribution in [0.4, 0.5) is 15.8 Å². The zero-order valence-corrected chi connectivity index (χ0v) is 15.1. The molecule has 0 aromatic heterocycles. The summed E-state index contributed by atoms with van der Waals surface area (Å²) in [5, 5.41) is 0. The number of nitrogens with one attached hydrogen (secondary N) is 1. The Balaban J connectivity index is 1.93. The molecule has 2 aromatic rings. The van der Waals surface area contributed by atoms with Crippen LogP contribution in [0.15, 0.2) is 51.8 Å². The summed E-state index contributed by atoms with van der Waals surface area (Å²) >= 11 is 3.37. The van der Waals surface area contributed by atoms with Gasteiger partial charge in [0.15, 0.2) is 0 Å². The van der Waals surface area contributed by atoms with Gasteiger partial charge < -0.3 is 9.64 Å². The fourth-order valence-corrected chi connectivity index (χ4v) is 3.91. The molecule has 2 aromatic carbocycles. The summed E-state index contributed by atoms with van der Waals surface area (Å²) in [4.78, 5) is 2.08. The fraction of sp³-hybridized carbons (Fsp3) is 0.250. The summed E-state index contributed by atoms with van der Waals surface area (Å²) in [7, 11) is -3.80. The number of benzene rings is 2. The van der Waals surface area contributed by atoms with E-state index in [1.54, 1.807) is 6.07 Å². The number of hydrogen-bond donors (Lipinski definition) is 1. The van der Waals surface area contributed by atoms with Crippen LogP contribution < -0.4 is 9.62 Å². The Bertz CT molecular complexity index is 822.